The van der Waals surface area contributed by atoms with Crippen LogP contribution in [0.4, 0.5) is 0 Å². The van der Waals surface area contributed by atoms with Crippen LogP contribution < -0.4 is 0 Å². The van der Waals surface area contributed by atoms with E-state index in [2.05, 4.69) is 94.1 Å². The Morgan fingerprint density at radius 3 is 1.50 bits per heavy atom. The summed E-state index contributed by atoms with van der Waals surface area (Å²) in [4.78, 5) is 0. The van der Waals surface area contributed by atoms with Gasteiger partial charge in [0.1, 0.15) is 22.3 Å². The zero-order valence-corrected chi connectivity index (χ0v) is 29.6. The van der Waals surface area contributed by atoms with Crippen molar-refractivity contribution in [2.24, 2.45) is 0 Å². The van der Waals surface area contributed by atoms with Gasteiger partial charge in [0.15, 0.2) is 0 Å². The third kappa shape index (κ3) is 4.07. The van der Waals surface area contributed by atoms with Gasteiger partial charge in [0.2, 0.25) is 0 Å². The molecule has 0 amide bonds. The molecule has 0 saturated heterocycles. The molecular formula is C50H26N4O2. The second-order valence-corrected chi connectivity index (χ2v) is 14.3. The van der Waals surface area contributed by atoms with E-state index in [0.717, 1.165) is 110 Å². The standard InChI is InChI=1S/C50H26N4O2/c51-27-29-23-30(25-33(24-29)54-40-14-6-2-10-36(40)48-42(54)20-22-46-50(48)38-12-4-8-16-44(38)56-46)34-18-17-32(26-31(34)28-52)53-39-13-5-1-9-35(39)47-41(53)19-21-45-49(47)37-11-3-7-15-43(37)55-45/h1-26H. The topological polar surface area (TPSA) is 83.7 Å². The van der Waals surface area contributed by atoms with Crippen LogP contribution in [0.3, 0.4) is 0 Å². The van der Waals surface area contributed by atoms with E-state index < -0.39 is 0 Å². The highest BCUT2D eigenvalue weighted by molar-refractivity contribution is 6.28. The van der Waals surface area contributed by atoms with Crippen LogP contribution in [-0.2, 0) is 0 Å². The summed E-state index contributed by atoms with van der Waals surface area (Å²) < 4.78 is 17.0. The molecule has 0 aliphatic rings. The molecule has 0 atom stereocenters. The van der Waals surface area contributed by atoms with Gasteiger partial charge in [-0.3, -0.25) is 0 Å². The number of nitrogens with zero attached hydrogens (tertiary/aromatic N) is 4. The van der Waals surface area contributed by atoms with Crippen molar-refractivity contribution in [2.45, 2.75) is 0 Å². The molecule has 0 bridgehead atoms. The summed E-state index contributed by atoms with van der Waals surface area (Å²) in [6.45, 7) is 0. The van der Waals surface area contributed by atoms with E-state index in [1.807, 2.05) is 84.9 Å². The maximum atomic E-state index is 10.7. The molecule has 258 valence electrons. The van der Waals surface area contributed by atoms with Crippen LogP contribution in [0.15, 0.2) is 167 Å². The van der Waals surface area contributed by atoms with E-state index in [4.69, 9.17) is 8.83 Å². The molecule has 4 aromatic heterocycles. The highest BCUT2D eigenvalue weighted by atomic mass is 16.3. The second-order valence-electron chi connectivity index (χ2n) is 14.3. The Balaban J connectivity index is 1.07. The molecule has 6 heteroatoms. The molecule has 0 aliphatic carbocycles. The fourth-order valence-electron chi connectivity index (χ4n) is 9.08. The van der Waals surface area contributed by atoms with Gasteiger partial charge in [-0.25, -0.2) is 0 Å². The van der Waals surface area contributed by atoms with Crippen molar-refractivity contribution < 1.29 is 8.83 Å². The lowest BCUT2D eigenvalue weighted by Gasteiger charge is -2.14. The minimum absolute atomic E-state index is 0.505. The number of hydrogen-bond donors (Lipinski definition) is 0. The van der Waals surface area contributed by atoms with E-state index in [9.17, 15) is 10.5 Å². The quantitative estimate of drug-likeness (QED) is 0.182. The maximum absolute atomic E-state index is 10.7. The lowest BCUT2D eigenvalue weighted by Crippen LogP contribution is -1.98. The van der Waals surface area contributed by atoms with Gasteiger partial charge < -0.3 is 18.0 Å². The Morgan fingerprint density at radius 1 is 0.393 bits per heavy atom. The van der Waals surface area contributed by atoms with Crippen molar-refractivity contribution in [3.63, 3.8) is 0 Å². The van der Waals surface area contributed by atoms with E-state index in [1.165, 1.54) is 0 Å². The van der Waals surface area contributed by atoms with Gasteiger partial charge in [-0.2, -0.15) is 10.5 Å². The molecule has 0 N–H and O–H groups in total. The van der Waals surface area contributed by atoms with E-state index in [-0.39, 0.29) is 0 Å². The number of benzene rings is 8. The first-order valence-electron chi connectivity index (χ1n) is 18.5. The Morgan fingerprint density at radius 2 is 0.929 bits per heavy atom. The number of fused-ring (bicyclic) bond motifs is 14. The van der Waals surface area contributed by atoms with Crippen molar-refractivity contribution in [1.82, 2.24) is 9.13 Å². The fourth-order valence-corrected chi connectivity index (χ4v) is 9.08. The van der Waals surface area contributed by atoms with Crippen LogP contribution in [0.5, 0.6) is 0 Å². The average molecular weight is 715 g/mol. The van der Waals surface area contributed by atoms with Crippen LogP contribution in [0, 0.1) is 22.7 Å². The third-order valence-corrected chi connectivity index (χ3v) is 11.4. The van der Waals surface area contributed by atoms with Crippen molar-refractivity contribution in [3.8, 4) is 34.6 Å². The molecule has 6 nitrogen and oxygen atoms in total. The summed E-state index contributed by atoms with van der Waals surface area (Å²) in [6.07, 6.45) is 0. The van der Waals surface area contributed by atoms with Crippen molar-refractivity contribution >= 4 is 87.5 Å². The predicted molar refractivity (Wildman–Crippen MR) is 225 cm³/mol. The van der Waals surface area contributed by atoms with Gasteiger partial charge in [-0.05, 0) is 90.0 Å². The summed E-state index contributed by atoms with van der Waals surface area (Å²) in [6, 6.07) is 58.1. The number of hydrogen-bond acceptors (Lipinski definition) is 4. The van der Waals surface area contributed by atoms with Gasteiger partial charge in [0.25, 0.3) is 0 Å². The molecule has 0 unspecified atom stereocenters. The largest absolute Gasteiger partial charge is 0.456 e. The summed E-state index contributed by atoms with van der Waals surface area (Å²) in [5.41, 5.74) is 11.7. The zero-order chi connectivity index (χ0) is 37.1. The van der Waals surface area contributed by atoms with Crippen LogP contribution in [0.1, 0.15) is 11.1 Å². The van der Waals surface area contributed by atoms with Crippen LogP contribution >= 0.6 is 0 Å². The van der Waals surface area contributed by atoms with Crippen LogP contribution in [0.25, 0.3) is 110 Å². The lowest BCUT2D eigenvalue weighted by atomic mass is 9.97. The molecule has 0 radical (unpaired) electrons. The molecular weight excluding hydrogens is 689 g/mol. The van der Waals surface area contributed by atoms with Crippen LogP contribution in [0.2, 0.25) is 0 Å². The smallest absolute Gasteiger partial charge is 0.136 e. The minimum atomic E-state index is 0.505. The molecule has 0 aliphatic heterocycles. The van der Waals surface area contributed by atoms with Crippen LogP contribution in [-0.4, -0.2) is 9.13 Å². The zero-order valence-electron chi connectivity index (χ0n) is 29.6. The number of aromatic nitrogens is 2. The van der Waals surface area contributed by atoms with Gasteiger partial charge in [-0.1, -0.05) is 78.9 Å². The molecule has 12 aromatic rings. The molecule has 12 rings (SSSR count). The Hall–Kier alpha value is -8.06. The fraction of sp³-hybridized carbons (Fsp3) is 0. The monoisotopic (exact) mass is 714 g/mol. The first kappa shape index (κ1) is 30.4. The SMILES string of the molecule is N#Cc1cc(-c2ccc(-n3c4ccccc4c4c5c(ccc43)oc3ccccc35)cc2C#N)cc(-n2c3ccccc3c3c4c(ccc32)oc2ccccc24)c1. The van der Waals surface area contributed by atoms with Crippen molar-refractivity contribution in [2.75, 3.05) is 0 Å². The number of furan rings is 2. The molecule has 8 aromatic carbocycles. The molecule has 0 fully saturated rings. The third-order valence-electron chi connectivity index (χ3n) is 11.4. The number of rotatable bonds is 3. The predicted octanol–water partition coefficient (Wildman–Crippen LogP) is 13.1. The van der Waals surface area contributed by atoms with Gasteiger partial charge in [0, 0.05) is 54.5 Å². The second kappa shape index (κ2) is 11.2. The Labute approximate surface area is 318 Å². The summed E-state index contributed by atoms with van der Waals surface area (Å²) >= 11 is 0. The highest BCUT2D eigenvalue weighted by Gasteiger charge is 2.22. The van der Waals surface area contributed by atoms with Gasteiger partial charge in [0.05, 0.1) is 45.3 Å². The number of para-hydroxylation sites is 4. The van der Waals surface area contributed by atoms with Crippen molar-refractivity contribution in [3.05, 3.63) is 169 Å². The summed E-state index contributed by atoms with van der Waals surface area (Å²) in [5.74, 6) is 0. The molecule has 0 saturated carbocycles. The number of nitriles is 2. The maximum Gasteiger partial charge on any atom is 0.136 e. The normalized spacial score (nSPS) is 11.9. The molecule has 4 heterocycles. The lowest BCUT2D eigenvalue weighted by molar-refractivity contribution is 0.669. The Kier molecular flexibility index (Phi) is 6.10. The first-order chi connectivity index (χ1) is 27.7. The highest BCUT2D eigenvalue weighted by Crippen LogP contribution is 2.44. The van der Waals surface area contributed by atoms with E-state index >= 15 is 0 Å². The van der Waals surface area contributed by atoms with E-state index in [1.54, 1.807) is 0 Å². The summed E-state index contributed by atoms with van der Waals surface area (Å²) in [7, 11) is 0. The van der Waals surface area contributed by atoms with E-state index in [0.29, 0.717) is 11.1 Å². The summed E-state index contributed by atoms with van der Waals surface area (Å²) in [5, 5.41) is 29.8. The first-order valence-corrected chi connectivity index (χ1v) is 18.5. The average Bonchev–Trinajstić information content (AvgIpc) is 4.00. The minimum Gasteiger partial charge on any atom is -0.456 e. The molecule has 0 spiro atoms. The Bertz CT molecular complexity index is 3750. The van der Waals surface area contributed by atoms with Crippen molar-refractivity contribution in [1.29, 1.82) is 10.5 Å². The molecule has 56 heavy (non-hydrogen) atoms. The van der Waals surface area contributed by atoms with Gasteiger partial charge >= 0.3 is 0 Å². The van der Waals surface area contributed by atoms with Gasteiger partial charge in [-0.15, -0.1) is 0 Å².